The Morgan fingerprint density at radius 3 is 2.58 bits per heavy atom. The molecule has 0 radical (unpaired) electrons. The fourth-order valence-electron chi connectivity index (χ4n) is 8.59. The van der Waals surface area contributed by atoms with Gasteiger partial charge in [0.2, 0.25) is 11.7 Å². The van der Waals surface area contributed by atoms with Crippen LogP contribution in [0.25, 0.3) is 0 Å². The summed E-state index contributed by atoms with van der Waals surface area (Å²) in [6.45, 7) is 5.07. The predicted octanol–water partition coefficient (Wildman–Crippen LogP) is 2.51. The largest absolute Gasteiger partial charge is 0.456 e. The van der Waals surface area contributed by atoms with Gasteiger partial charge in [-0.1, -0.05) is 32.4 Å². The van der Waals surface area contributed by atoms with Crippen LogP contribution in [0.4, 0.5) is 4.39 Å². The van der Waals surface area contributed by atoms with Crippen molar-refractivity contribution in [2.24, 2.45) is 28.6 Å². The molecule has 3 saturated carbocycles. The van der Waals surface area contributed by atoms with Gasteiger partial charge < -0.3 is 24.7 Å². The van der Waals surface area contributed by atoms with E-state index in [9.17, 15) is 39.2 Å². The minimum atomic E-state index is -2.15. The van der Waals surface area contributed by atoms with E-state index in [-0.39, 0.29) is 38.1 Å². The number of carbonyl (C=O) groups excluding carboxylic acids is 5. The SMILES string of the molecule is CCC(=O)O[C@]1(C(=O)COC(=O)CNC(=O)CCCO[N+](=O)[O-])[C@@H](C)CC2C3CCC4=CC(=O)C=C[C@]4(C)[C@@]3(F)[C@@H](O)C[C@@]21C. The van der Waals surface area contributed by atoms with Crippen molar-refractivity contribution in [2.75, 3.05) is 19.8 Å². The van der Waals surface area contributed by atoms with E-state index < -0.39 is 87.8 Å². The van der Waals surface area contributed by atoms with Gasteiger partial charge in [-0.25, -0.2) is 4.39 Å². The van der Waals surface area contributed by atoms with Gasteiger partial charge in [0.1, 0.15) is 6.54 Å². The van der Waals surface area contributed by atoms with Gasteiger partial charge >= 0.3 is 11.9 Å². The second kappa shape index (κ2) is 12.6. The molecule has 4 aliphatic rings. The summed E-state index contributed by atoms with van der Waals surface area (Å²) in [5, 5.41) is 23.2. The van der Waals surface area contributed by atoms with Gasteiger partial charge in [0, 0.05) is 35.5 Å². The summed E-state index contributed by atoms with van der Waals surface area (Å²) in [6, 6.07) is 0. The smallest absolute Gasteiger partial charge is 0.325 e. The average Bonchev–Trinajstić information content (AvgIpc) is 3.20. The molecule has 0 aromatic rings. The van der Waals surface area contributed by atoms with Crippen molar-refractivity contribution < 1.29 is 52.9 Å². The molecule has 45 heavy (non-hydrogen) atoms. The Morgan fingerprint density at radius 2 is 1.91 bits per heavy atom. The van der Waals surface area contributed by atoms with Crippen molar-refractivity contribution >= 4 is 29.4 Å². The first-order valence-electron chi connectivity index (χ1n) is 15.3. The Bertz CT molecular complexity index is 1330. The van der Waals surface area contributed by atoms with E-state index in [2.05, 4.69) is 10.2 Å². The minimum absolute atomic E-state index is 0.0431. The number of ketones is 2. The van der Waals surface area contributed by atoms with E-state index in [1.807, 2.05) is 0 Å². The summed E-state index contributed by atoms with van der Waals surface area (Å²) >= 11 is 0. The number of aliphatic hydroxyl groups excluding tert-OH is 1. The summed E-state index contributed by atoms with van der Waals surface area (Å²) in [5.41, 5.74) is -5.81. The van der Waals surface area contributed by atoms with Crippen LogP contribution in [0.5, 0.6) is 0 Å². The highest BCUT2D eigenvalue weighted by Crippen LogP contribution is 2.71. The van der Waals surface area contributed by atoms with Gasteiger partial charge in [-0.3, -0.25) is 24.0 Å². The summed E-state index contributed by atoms with van der Waals surface area (Å²) in [4.78, 5) is 77.7. The molecule has 0 bridgehead atoms. The molecule has 0 aromatic heterocycles. The van der Waals surface area contributed by atoms with Crippen LogP contribution in [0, 0.1) is 38.7 Å². The van der Waals surface area contributed by atoms with Crippen LogP contribution in [-0.2, 0) is 38.3 Å². The molecular weight excluding hydrogens is 595 g/mol. The van der Waals surface area contributed by atoms with Crippen LogP contribution in [0.2, 0.25) is 0 Å². The maximum atomic E-state index is 17.5. The molecule has 14 heteroatoms. The Labute approximate surface area is 260 Å². The molecule has 4 rings (SSSR count). The number of aliphatic hydroxyl groups is 1. The molecule has 0 saturated heterocycles. The number of halogens is 1. The molecule has 248 valence electrons. The van der Waals surface area contributed by atoms with E-state index in [1.165, 1.54) is 18.2 Å². The first-order chi connectivity index (χ1) is 21.1. The molecule has 2 N–H and O–H groups in total. The van der Waals surface area contributed by atoms with E-state index in [1.54, 1.807) is 27.7 Å². The zero-order chi connectivity index (χ0) is 33.4. The first-order valence-corrected chi connectivity index (χ1v) is 15.3. The topological polar surface area (TPSA) is 188 Å². The molecule has 1 amide bonds. The van der Waals surface area contributed by atoms with Gasteiger partial charge in [0.15, 0.2) is 23.7 Å². The number of Topliss-reactive ketones (excluding diaryl/α,β-unsaturated/α-hetero) is 1. The first kappa shape index (κ1) is 34.2. The highest BCUT2D eigenvalue weighted by Gasteiger charge is 2.77. The monoisotopic (exact) mass is 636 g/mol. The van der Waals surface area contributed by atoms with Crippen LogP contribution in [0.1, 0.15) is 72.6 Å². The molecule has 8 atom stereocenters. The number of nitrogens with zero attached hydrogens (tertiary/aromatic N) is 1. The van der Waals surface area contributed by atoms with E-state index in [0.717, 1.165) is 0 Å². The summed E-state index contributed by atoms with van der Waals surface area (Å²) in [7, 11) is 0. The van der Waals surface area contributed by atoms with Crippen LogP contribution in [0.3, 0.4) is 0 Å². The molecule has 0 aromatic carbocycles. The van der Waals surface area contributed by atoms with Crippen LogP contribution in [-0.4, -0.2) is 76.7 Å². The minimum Gasteiger partial charge on any atom is -0.456 e. The number of amides is 1. The molecule has 3 fully saturated rings. The third-order valence-electron chi connectivity index (χ3n) is 10.7. The van der Waals surface area contributed by atoms with Crippen molar-refractivity contribution in [3.05, 3.63) is 33.9 Å². The van der Waals surface area contributed by atoms with E-state index >= 15 is 4.39 Å². The van der Waals surface area contributed by atoms with Crippen LogP contribution in [0.15, 0.2) is 23.8 Å². The van der Waals surface area contributed by atoms with Gasteiger partial charge in [-0.15, -0.1) is 10.1 Å². The lowest BCUT2D eigenvalue weighted by Gasteiger charge is -2.62. The third kappa shape index (κ3) is 5.66. The highest BCUT2D eigenvalue weighted by atomic mass is 19.1. The van der Waals surface area contributed by atoms with E-state index in [0.29, 0.717) is 24.8 Å². The fraction of sp³-hybridized carbons (Fsp3) is 0.710. The van der Waals surface area contributed by atoms with Gasteiger partial charge in [-0.05, 0) is 57.1 Å². The summed E-state index contributed by atoms with van der Waals surface area (Å²) < 4.78 is 28.7. The normalized spacial score (nSPS) is 36.5. The zero-order valence-corrected chi connectivity index (χ0v) is 26.0. The Kier molecular flexibility index (Phi) is 9.58. The number of alkyl halides is 1. The quantitative estimate of drug-likeness (QED) is 0.139. The molecular formula is C31H41FN2O11. The Hall–Kier alpha value is -3.68. The Morgan fingerprint density at radius 1 is 1.20 bits per heavy atom. The molecule has 0 aliphatic heterocycles. The lowest BCUT2D eigenvalue weighted by molar-refractivity contribution is -0.757. The number of fused-ring (bicyclic) bond motifs is 5. The van der Waals surface area contributed by atoms with Crippen molar-refractivity contribution in [3.8, 4) is 0 Å². The average molecular weight is 637 g/mol. The molecule has 4 aliphatic carbocycles. The maximum absolute atomic E-state index is 17.5. The second-order valence-corrected chi connectivity index (χ2v) is 13.0. The number of ether oxygens (including phenoxy) is 2. The zero-order valence-electron chi connectivity index (χ0n) is 26.0. The summed E-state index contributed by atoms with van der Waals surface area (Å²) in [6.07, 6.45) is 3.42. The van der Waals surface area contributed by atoms with Gasteiger partial charge in [0.25, 0.3) is 5.09 Å². The second-order valence-electron chi connectivity index (χ2n) is 13.0. The molecule has 2 unspecified atom stereocenters. The number of nitrogens with one attached hydrogen (secondary N) is 1. The van der Waals surface area contributed by atoms with Crippen molar-refractivity contribution in [1.29, 1.82) is 0 Å². The Balaban J connectivity index is 1.54. The van der Waals surface area contributed by atoms with E-state index in [4.69, 9.17) is 9.47 Å². The fourth-order valence-corrected chi connectivity index (χ4v) is 8.59. The highest BCUT2D eigenvalue weighted by molar-refractivity contribution is 6.01. The lowest BCUT2D eigenvalue weighted by atomic mass is 9.44. The van der Waals surface area contributed by atoms with Gasteiger partial charge in [-0.2, -0.15) is 0 Å². The standard InChI is InChI=1S/C31H41FN2O11/c1-5-26(39)45-31(24(37)17-43-27(40)16-33-25(38)7-6-12-44-34(41)42)18(2)13-22-21-9-8-19-14-20(35)10-11-28(19,3)30(21,32)23(36)15-29(22,31)4/h10-11,14,18,21-23,36H,5-9,12-13,15-17H2,1-4H3,(H,33,38)/t18-,21?,22?,23-,28-,29-,30-,31-/m0/s1. The van der Waals surface area contributed by atoms with Gasteiger partial charge in [0.05, 0.1) is 12.7 Å². The van der Waals surface area contributed by atoms with Crippen molar-refractivity contribution in [3.63, 3.8) is 0 Å². The van der Waals surface area contributed by atoms with Crippen LogP contribution < -0.4 is 5.32 Å². The number of allylic oxidation sites excluding steroid dienone is 4. The number of hydrogen-bond acceptors (Lipinski definition) is 11. The number of rotatable bonds is 12. The number of esters is 2. The molecule has 0 spiro atoms. The maximum Gasteiger partial charge on any atom is 0.325 e. The lowest BCUT2D eigenvalue weighted by Crippen LogP contribution is -2.70. The van der Waals surface area contributed by atoms with Crippen LogP contribution >= 0.6 is 0 Å². The summed E-state index contributed by atoms with van der Waals surface area (Å²) in [5.74, 6) is -4.96. The number of carbonyl (C=O) groups is 5. The number of hydrogen-bond donors (Lipinski definition) is 2. The molecule has 0 heterocycles. The predicted molar refractivity (Wildman–Crippen MR) is 153 cm³/mol. The molecule has 13 nitrogen and oxygen atoms in total. The van der Waals surface area contributed by atoms with Crippen molar-refractivity contribution in [1.82, 2.24) is 5.32 Å². The third-order valence-corrected chi connectivity index (χ3v) is 10.7. The van der Waals surface area contributed by atoms with Crippen molar-refractivity contribution in [2.45, 2.75) is 90.0 Å².